The number of nitrogens with one attached hydrogen (secondary N) is 1. The highest BCUT2D eigenvalue weighted by atomic mass is 35.5. The predicted octanol–water partition coefficient (Wildman–Crippen LogP) is 5.40. The highest BCUT2D eigenvalue weighted by Gasteiger charge is 2.33. The van der Waals surface area contributed by atoms with E-state index in [4.69, 9.17) is 34.8 Å². The van der Waals surface area contributed by atoms with Crippen LogP contribution in [0.4, 0.5) is 5.69 Å². The number of carbonyl (C=O) groups is 2. The molecule has 1 N–H and O–H groups in total. The highest BCUT2D eigenvalue weighted by Crippen LogP contribution is 2.35. The maximum atomic E-state index is 13.8. The minimum atomic E-state index is -4.23. The van der Waals surface area contributed by atoms with Crippen LogP contribution >= 0.6 is 34.8 Å². The van der Waals surface area contributed by atoms with Gasteiger partial charge >= 0.3 is 0 Å². The number of benzene rings is 3. The van der Waals surface area contributed by atoms with Gasteiger partial charge in [0.25, 0.3) is 10.0 Å². The third-order valence-electron chi connectivity index (χ3n) is 5.59. The van der Waals surface area contributed by atoms with Crippen LogP contribution in [0.1, 0.15) is 19.4 Å². The lowest BCUT2D eigenvalue weighted by molar-refractivity contribution is -0.139. The first kappa shape index (κ1) is 28.8. The number of hydrogen-bond acceptors (Lipinski definition) is 4. The van der Waals surface area contributed by atoms with Crippen LogP contribution in [0.25, 0.3) is 0 Å². The number of rotatable bonds is 10. The number of carbonyl (C=O) groups excluding carboxylic acids is 2. The summed E-state index contributed by atoms with van der Waals surface area (Å²) in [4.78, 5) is 27.8. The predicted molar refractivity (Wildman–Crippen MR) is 148 cm³/mol. The molecule has 196 valence electrons. The monoisotopic (exact) mass is 581 g/mol. The van der Waals surface area contributed by atoms with Crippen LogP contribution < -0.4 is 9.62 Å². The Bertz CT molecular complexity index is 1350. The van der Waals surface area contributed by atoms with Gasteiger partial charge in [0.05, 0.1) is 20.6 Å². The van der Waals surface area contributed by atoms with Crippen molar-refractivity contribution in [3.63, 3.8) is 0 Å². The summed E-state index contributed by atoms with van der Waals surface area (Å²) in [7, 11) is -4.23. The Morgan fingerprint density at radius 3 is 2.19 bits per heavy atom. The molecule has 0 heterocycles. The number of likely N-dealkylation sites (N-methyl/N-ethyl adjacent to an activating group) is 1. The molecule has 0 aliphatic heterocycles. The number of hydrogen-bond donors (Lipinski definition) is 1. The fourth-order valence-electron chi connectivity index (χ4n) is 3.61. The van der Waals surface area contributed by atoms with Gasteiger partial charge in [0.15, 0.2) is 0 Å². The van der Waals surface area contributed by atoms with E-state index in [2.05, 4.69) is 5.32 Å². The second-order valence-corrected chi connectivity index (χ2v) is 11.2. The summed E-state index contributed by atoms with van der Waals surface area (Å²) in [6.45, 7) is 3.16. The van der Waals surface area contributed by atoms with Gasteiger partial charge in [-0.2, -0.15) is 0 Å². The van der Waals surface area contributed by atoms with Crippen LogP contribution in [-0.4, -0.2) is 44.3 Å². The van der Waals surface area contributed by atoms with Gasteiger partial charge in [-0.25, -0.2) is 8.42 Å². The molecule has 1 atom stereocenters. The van der Waals surface area contributed by atoms with E-state index < -0.39 is 28.5 Å². The second-order valence-electron chi connectivity index (χ2n) is 8.12. The van der Waals surface area contributed by atoms with Gasteiger partial charge in [-0.15, -0.1) is 0 Å². The first-order valence-corrected chi connectivity index (χ1v) is 14.0. The molecular formula is C26H26Cl3N3O4S. The van der Waals surface area contributed by atoms with Crippen LogP contribution in [0.3, 0.4) is 0 Å². The Kier molecular flexibility index (Phi) is 9.84. The topological polar surface area (TPSA) is 86.8 Å². The number of anilines is 1. The molecule has 3 aromatic rings. The van der Waals surface area contributed by atoms with Crippen molar-refractivity contribution < 1.29 is 18.0 Å². The van der Waals surface area contributed by atoms with E-state index >= 15 is 0 Å². The molecule has 0 aliphatic rings. The van der Waals surface area contributed by atoms with E-state index in [1.54, 1.807) is 62.4 Å². The molecule has 0 aliphatic carbocycles. The van der Waals surface area contributed by atoms with Crippen LogP contribution in [0.15, 0.2) is 77.7 Å². The molecule has 0 saturated carbocycles. The summed E-state index contributed by atoms with van der Waals surface area (Å²) in [6, 6.07) is 18.2. The van der Waals surface area contributed by atoms with Gasteiger partial charge in [-0.3, -0.25) is 13.9 Å². The Morgan fingerprint density at radius 2 is 1.57 bits per heavy atom. The third-order valence-corrected chi connectivity index (χ3v) is 8.43. The molecule has 0 fully saturated rings. The molecule has 3 aromatic carbocycles. The van der Waals surface area contributed by atoms with Crippen LogP contribution in [0.2, 0.25) is 15.1 Å². The van der Waals surface area contributed by atoms with Crippen LogP contribution in [0, 0.1) is 0 Å². The molecule has 0 spiro atoms. The number of amides is 2. The van der Waals surface area contributed by atoms with Crippen molar-refractivity contribution in [2.75, 3.05) is 17.4 Å². The summed E-state index contributed by atoms with van der Waals surface area (Å²) < 4.78 is 28.3. The van der Waals surface area contributed by atoms with E-state index in [-0.39, 0.29) is 33.1 Å². The second kappa shape index (κ2) is 12.6. The van der Waals surface area contributed by atoms with Gasteiger partial charge in [-0.05, 0) is 55.8 Å². The molecular weight excluding hydrogens is 557 g/mol. The SMILES string of the molecule is CCNC(=O)[C@H](C)N(Cc1ccc(Cl)cc1)C(=O)CN(c1cccc(Cl)c1Cl)S(=O)(=O)c1ccccc1. The van der Waals surface area contributed by atoms with Crippen molar-refractivity contribution in [3.8, 4) is 0 Å². The molecule has 7 nitrogen and oxygen atoms in total. The summed E-state index contributed by atoms with van der Waals surface area (Å²) in [6.07, 6.45) is 0. The average molecular weight is 583 g/mol. The zero-order valence-electron chi connectivity index (χ0n) is 20.2. The highest BCUT2D eigenvalue weighted by molar-refractivity contribution is 7.92. The smallest absolute Gasteiger partial charge is 0.264 e. The number of sulfonamides is 1. The zero-order chi connectivity index (χ0) is 27.2. The van der Waals surface area contributed by atoms with E-state index in [0.29, 0.717) is 17.1 Å². The minimum absolute atomic E-state index is 0.0162. The van der Waals surface area contributed by atoms with Crippen molar-refractivity contribution >= 4 is 62.3 Å². The van der Waals surface area contributed by atoms with Gasteiger partial charge in [0, 0.05) is 18.1 Å². The van der Waals surface area contributed by atoms with E-state index in [1.165, 1.54) is 29.2 Å². The molecule has 0 unspecified atom stereocenters. The Balaban J connectivity index is 2.06. The fraction of sp³-hybridized carbons (Fsp3) is 0.231. The van der Waals surface area contributed by atoms with Gasteiger partial charge in [0.2, 0.25) is 11.8 Å². The average Bonchev–Trinajstić information content (AvgIpc) is 2.88. The van der Waals surface area contributed by atoms with Gasteiger partial charge < -0.3 is 10.2 Å². The lowest BCUT2D eigenvalue weighted by atomic mass is 10.1. The first-order valence-electron chi connectivity index (χ1n) is 11.4. The summed E-state index contributed by atoms with van der Waals surface area (Å²) in [5.41, 5.74) is 0.760. The fourth-order valence-corrected chi connectivity index (χ4v) is 5.63. The summed E-state index contributed by atoms with van der Waals surface area (Å²) in [5.74, 6) is -0.979. The molecule has 0 bridgehead atoms. The van der Waals surface area contributed by atoms with Crippen molar-refractivity contribution in [1.82, 2.24) is 10.2 Å². The summed E-state index contributed by atoms with van der Waals surface area (Å²) in [5, 5.41) is 3.35. The van der Waals surface area contributed by atoms with Crippen LogP contribution in [-0.2, 0) is 26.2 Å². The molecule has 0 radical (unpaired) electrons. The van der Waals surface area contributed by atoms with E-state index in [1.807, 2.05) is 0 Å². The van der Waals surface area contributed by atoms with Crippen molar-refractivity contribution in [1.29, 1.82) is 0 Å². The largest absolute Gasteiger partial charge is 0.355 e. The maximum absolute atomic E-state index is 13.8. The van der Waals surface area contributed by atoms with E-state index in [9.17, 15) is 18.0 Å². The van der Waals surface area contributed by atoms with Crippen molar-refractivity contribution in [2.45, 2.75) is 31.3 Å². The quantitative estimate of drug-likeness (QED) is 0.347. The molecule has 11 heteroatoms. The minimum Gasteiger partial charge on any atom is -0.355 e. The van der Waals surface area contributed by atoms with Crippen LogP contribution in [0.5, 0.6) is 0 Å². The molecule has 3 rings (SSSR count). The zero-order valence-corrected chi connectivity index (χ0v) is 23.3. The van der Waals surface area contributed by atoms with Gasteiger partial charge in [-0.1, -0.05) is 71.2 Å². The Labute approximate surface area is 232 Å². The standard InChI is InChI=1S/C26H26Cl3N3O4S/c1-3-30-26(34)18(2)31(16-19-12-14-20(27)15-13-19)24(33)17-32(23-11-7-10-22(28)25(23)29)37(35,36)21-8-5-4-6-9-21/h4-15,18H,3,16-17H2,1-2H3,(H,30,34)/t18-/m0/s1. The molecule has 2 amide bonds. The lowest BCUT2D eigenvalue weighted by Gasteiger charge is -2.32. The van der Waals surface area contributed by atoms with E-state index in [0.717, 1.165) is 4.31 Å². The normalized spacial score (nSPS) is 12.0. The summed E-state index contributed by atoms with van der Waals surface area (Å²) >= 11 is 18.6. The third kappa shape index (κ3) is 6.96. The first-order chi connectivity index (χ1) is 17.6. The molecule has 0 aromatic heterocycles. The maximum Gasteiger partial charge on any atom is 0.264 e. The molecule has 0 saturated heterocycles. The number of nitrogens with zero attached hydrogens (tertiary/aromatic N) is 2. The Morgan fingerprint density at radius 1 is 0.919 bits per heavy atom. The lowest BCUT2D eigenvalue weighted by Crippen LogP contribution is -2.51. The van der Waals surface area contributed by atoms with Crippen molar-refractivity contribution in [3.05, 3.63) is 93.4 Å². The number of halogens is 3. The van der Waals surface area contributed by atoms with Crippen molar-refractivity contribution in [2.24, 2.45) is 0 Å². The Hall–Kier alpha value is -2.78. The molecule has 37 heavy (non-hydrogen) atoms. The van der Waals surface area contributed by atoms with Gasteiger partial charge in [0.1, 0.15) is 12.6 Å².